The normalized spacial score (nSPS) is 23.3. The smallest absolute Gasteiger partial charge is 0.127 e. The molecule has 0 saturated heterocycles. The summed E-state index contributed by atoms with van der Waals surface area (Å²) in [5.41, 5.74) is 2.48. The summed E-state index contributed by atoms with van der Waals surface area (Å²) in [6, 6.07) is 6.08. The van der Waals surface area contributed by atoms with Gasteiger partial charge in [0, 0.05) is 5.92 Å². The number of ether oxygens (including phenoxy) is 1. The van der Waals surface area contributed by atoms with Crippen molar-refractivity contribution >= 4 is 6.29 Å². The van der Waals surface area contributed by atoms with Crippen molar-refractivity contribution in [1.29, 1.82) is 0 Å². The zero-order chi connectivity index (χ0) is 12.4. The molecule has 2 nitrogen and oxygen atoms in total. The molecule has 0 heterocycles. The predicted octanol–water partition coefficient (Wildman–Crippen LogP) is 3.20. The van der Waals surface area contributed by atoms with Gasteiger partial charge in [0.05, 0.1) is 7.11 Å². The molecule has 92 valence electrons. The molecule has 1 aliphatic carbocycles. The molecule has 1 aliphatic rings. The van der Waals surface area contributed by atoms with E-state index in [1.165, 1.54) is 11.1 Å². The van der Waals surface area contributed by atoms with Crippen molar-refractivity contribution in [3.8, 4) is 5.75 Å². The Labute approximate surface area is 103 Å². The highest BCUT2D eigenvalue weighted by molar-refractivity contribution is 5.64. The lowest BCUT2D eigenvalue weighted by molar-refractivity contribution is -0.109. The van der Waals surface area contributed by atoms with Gasteiger partial charge in [-0.05, 0) is 47.9 Å². The van der Waals surface area contributed by atoms with Crippen LogP contribution in [0, 0.1) is 11.8 Å². The molecule has 0 aromatic heterocycles. The van der Waals surface area contributed by atoms with Gasteiger partial charge >= 0.3 is 0 Å². The van der Waals surface area contributed by atoms with Gasteiger partial charge < -0.3 is 9.53 Å². The van der Waals surface area contributed by atoms with Gasteiger partial charge in [-0.1, -0.05) is 19.9 Å². The fourth-order valence-corrected chi connectivity index (χ4v) is 2.70. The summed E-state index contributed by atoms with van der Waals surface area (Å²) in [7, 11) is 1.68. The van der Waals surface area contributed by atoms with E-state index in [2.05, 4.69) is 19.9 Å². The van der Waals surface area contributed by atoms with Crippen LogP contribution in [0.4, 0.5) is 0 Å². The lowest BCUT2D eigenvalue weighted by atomic mass is 9.73. The number of carbonyl (C=O) groups is 1. The summed E-state index contributed by atoms with van der Waals surface area (Å²) in [4.78, 5) is 11.2. The molecule has 1 aromatic rings. The van der Waals surface area contributed by atoms with E-state index in [4.69, 9.17) is 4.74 Å². The van der Waals surface area contributed by atoms with Crippen LogP contribution in [0.2, 0.25) is 0 Å². The highest BCUT2D eigenvalue weighted by Crippen LogP contribution is 2.38. The number of methoxy groups -OCH3 is 1. The highest BCUT2D eigenvalue weighted by atomic mass is 16.5. The Morgan fingerprint density at radius 1 is 1.41 bits per heavy atom. The molecule has 2 unspecified atom stereocenters. The van der Waals surface area contributed by atoms with Gasteiger partial charge in [-0.2, -0.15) is 0 Å². The fraction of sp³-hybridized carbons (Fsp3) is 0.533. The van der Waals surface area contributed by atoms with E-state index in [-0.39, 0.29) is 5.92 Å². The van der Waals surface area contributed by atoms with Crippen LogP contribution in [0.5, 0.6) is 5.75 Å². The van der Waals surface area contributed by atoms with Crippen molar-refractivity contribution in [3.05, 3.63) is 29.3 Å². The van der Waals surface area contributed by atoms with E-state index in [1.807, 2.05) is 12.1 Å². The van der Waals surface area contributed by atoms with Crippen LogP contribution >= 0.6 is 0 Å². The van der Waals surface area contributed by atoms with Gasteiger partial charge in [-0.15, -0.1) is 0 Å². The number of rotatable bonds is 3. The number of aldehydes is 1. The minimum atomic E-state index is 0.0667. The van der Waals surface area contributed by atoms with E-state index in [1.54, 1.807) is 7.11 Å². The molecular formula is C15H20O2. The Kier molecular flexibility index (Phi) is 3.51. The number of hydrogen-bond acceptors (Lipinski definition) is 2. The maximum Gasteiger partial charge on any atom is 0.127 e. The minimum Gasteiger partial charge on any atom is -0.497 e. The second-order valence-electron chi connectivity index (χ2n) is 5.25. The molecule has 2 heteroatoms. The summed E-state index contributed by atoms with van der Waals surface area (Å²) in [6.07, 6.45) is 3.15. The second-order valence-corrected chi connectivity index (χ2v) is 5.25. The molecule has 2 atom stereocenters. The number of benzene rings is 1. The Balaban J connectivity index is 2.37. The topological polar surface area (TPSA) is 26.3 Å². The van der Waals surface area contributed by atoms with Crippen LogP contribution in [-0.4, -0.2) is 13.4 Å². The van der Waals surface area contributed by atoms with E-state index in [0.717, 1.165) is 24.9 Å². The molecule has 0 fully saturated rings. The maximum absolute atomic E-state index is 11.2. The summed E-state index contributed by atoms with van der Waals surface area (Å²) < 4.78 is 5.26. The lowest BCUT2D eigenvalue weighted by Crippen LogP contribution is -2.23. The quantitative estimate of drug-likeness (QED) is 0.748. The molecule has 0 aliphatic heterocycles. The summed E-state index contributed by atoms with van der Waals surface area (Å²) >= 11 is 0. The van der Waals surface area contributed by atoms with Gasteiger partial charge in [0.1, 0.15) is 12.0 Å². The number of carbonyl (C=O) groups excluding carboxylic acids is 1. The zero-order valence-electron chi connectivity index (χ0n) is 10.8. The minimum absolute atomic E-state index is 0.0667. The van der Waals surface area contributed by atoms with Crippen LogP contribution in [0.1, 0.15) is 37.3 Å². The van der Waals surface area contributed by atoms with Crippen molar-refractivity contribution in [2.45, 2.75) is 32.6 Å². The third-order valence-corrected chi connectivity index (χ3v) is 3.90. The molecule has 0 radical (unpaired) electrons. The van der Waals surface area contributed by atoms with Crippen molar-refractivity contribution in [2.75, 3.05) is 7.11 Å². The van der Waals surface area contributed by atoms with E-state index < -0.39 is 0 Å². The fourth-order valence-electron chi connectivity index (χ4n) is 2.70. The first-order chi connectivity index (χ1) is 8.15. The van der Waals surface area contributed by atoms with Crippen molar-refractivity contribution in [3.63, 3.8) is 0 Å². The van der Waals surface area contributed by atoms with Crippen LogP contribution in [0.25, 0.3) is 0 Å². The Hall–Kier alpha value is -1.31. The highest BCUT2D eigenvalue weighted by Gasteiger charge is 2.28. The first-order valence-corrected chi connectivity index (χ1v) is 6.27. The maximum atomic E-state index is 11.2. The number of fused-ring (bicyclic) bond motifs is 1. The third-order valence-electron chi connectivity index (χ3n) is 3.90. The SMILES string of the molecule is COc1ccc2c(c1)CC(C(C)C)CC2C=O. The van der Waals surface area contributed by atoms with E-state index in [0.29, 0.717) is 11.8 Å². The Bertz CT molecular complexity index is 409. The van der Waals surface area contributed by atoms with E-state index in [9.17, 15) is 4.79 Å². The van der Waals surface area contributed by atoms with Gasteiger partial charge in [-0.3, -0.25) is 0 Å². The molecule has 0 saturated carbocycles. The number of hydrogen-bond donors (Lipinski definition) is 0. The van der Waals surface area contributed by atoms with Gasteiger partial charge in [0.15, 0.2) is 0 Å². The molecule has 0 amide bonds. The van der Waals surface area contributed by atoms with Crippen LogP contribution in [0.15, 0.2) is 18.2 Å². The summed E-state index contributed by atoms with van der Waals surface area (Å²) in [5, 5.41) is 0. The molecular weight excluding hydrogens is 212 g/mol. The Morgan fingerprint density at radius 3 is 2.76 bits per heavy atom. The van der Waals surface area contributed by atoms with Crippen molar-refractivity contribution in [1.82, 2.24) is 0 Å². The zero-order valence-corrected chi connectivity index (χ0v) is 10.8. The van der Waals surface area contributed by atoms with Crippen LogP contribution in [0.3, 0.4) is 0 Å². The average molecular weight is 232 g/mol. The van der Waals surface area contributed by atoms with E-state index >= 15 is 0 Å². The lowest BCUT2D eigenvalue weighted by Gasteiger charge is -2.31. The summed E-state index contributed by atoms with van der Waals surface area (Å²) in [6.45, 7) is 4.47. The first-order valence-electron chi connectivity index (χ1n) is 6.27. The van der Waals surface area contributed by atoms with Gasteiger partial charge in [-0.25, -0.2) is 0 Å². The standard InChI is InChI=1S/C15H20O2/c1-10(2)11-6-12-8-14(17-3)4-5-15(12)13(7-11)9-16/h4-5,8-11,13H,6-7H2,1-3H3. The van der Waals surface area contributed by atoms with Gasteiger partial charge in [0.25, 0.3) is 0 Å². The average Bonchev–Trinajstić information content (AvgIpc) is 2.36. The molecule has 17 heavy (non-hydrogen) atoms. The predicted molar refractivity (Wildman–Crippen MR) is 68.4 cm³/mol. The molecule has 1 aromatic carbocycles. The monoisotopic (exact) mass is 232 g/mol. The van der Waals surface area contributed by atoms with Gasteiger partial charge in [0.2, 0.25) is 0 Å². The molecule has 0 N–H and O–H groups in total. The van der Waals surface area contributed by atoms with Crippen LogP contribution < -0.4 is 4.74 Å². The second kappa shape index (κ2) is 4.91. The molecule has 0 bridgehead atoms. The third kappa shape index (κ3) is 2.36. The van der Waals surface area contributed by atoms with Crippen molar-refractivity contribution in [2.24, 2.45) is 11.8 Å². The van der Waals surface area contributed by atoms with Crippen LogP contribution in [-0.2, 0) is 11.2 Å². The first kappa shape index (κ1) is 12.2. The molecule has 0 spiro atoms. The van der Waals surface area contributed by atoms with Crippen molar-refractivity contribution < 1.29 is 9.53 Å². The molecule has 2 rings (SSSR count). The Morgan fingerprint density at radius 2 is 2.18 bits per heavy atom. The largest absolute Gasteiger partial charge is 0.497 e. The summed E-state index contributed by atoms with van der Waals surface area (Å²) in [5.74, 6) is 2.18.